The number of hydrogen-bond acceptors (Lipinski definition) is 20. The van der Waals surface area contributed by atoms with Crippen molar-refractivity contribution in [2.75, 3.05) is 11.5 Å². The molecule has 0 aliphatic heterocycles. The van der Waals surface area contributed by atoms with Gasteiger partial charge in [-0.2, -0.15) is 10.2 Å². The number of aromatic hydroxyl groups is 2. The van der Waals surface area contributed by atoms with Crippen molar-refractivity contribution in [1.82, 2.24) is 0 Å². The molecule has 8 N–H and O–H groups in total. The van der Waals surface area contributed by atoms with Crippen molar-refractivity contribution < 1.29 is 186 Å². The van der Waals surface area contributed by atoms with Crippen molar-refractivity contribution >= 4 is 96.1 Å². The third kappa shape index (κ3) is 12.6. The molecule has 6 rings (SSSR count). The molecule has 0 spiro atoms. The summed E-state index contributed by atoms with van der Waals surface area (Å²) in [6, 6.07) is 16.4. The van der Waals surface area contributed by atoms with E-state index < -0.39 is 94.3 Å². The summed E-state index contributed by atoms with van der Waals surface area (Å²) in [5.74, 6) is -1.83. The Morgan fingerprint density at radius 1 is 0.443 bits per heavy atom. The van der Waals surface area contributed by atoms with Crippen LogP contribution in [0.1, 0.15) is 0 Å². The first-order valence-electron chi connectivity index (χ1n) is 15.0. The van der Waals surface area contributed by atoms with E-state index in [1.807, 2.05) is 0 Å². The number of fused-ring (bicyclic) bond motifs is 2. The standard InChI is InChI=1S/C32H24N6O14S4.4Na.H2O/c33-23-13-21(53(41,42)43)9-17-11-25(55(47,48)49)29(31(39)27(17)23)37-35-19-5-1-15(2-6-19)16-3-7-20(8-4-16)36-38-30-26(56(50,51)52)12-18-10-22(54(44,45)46)14-24(34)28(18)32(30)40;;;;;/h1-14,39-40H,33-34H2,(H,41,42,43)(H,44,45,46)(H,47,48,49)(H,50,51,52);;;;;1H2/q;4*+1;/p-4. The first-order valence-corrected chi connectivity index (χ1v) is 20.6. The Hall–Kier alpha value is -2.16. The Morgan fingerprint density at radius 2 is 0.738 bits per heavy atom. The molecular weight excluding hydrogens is 929 g/mol. The Balaban J connectivity index is 0.00000372. The molecule has 0 amide bonds. The number of nitrogens with zero attached hydrogens (tertiary/aromatic N) is 4. The second kappa shape index (κ2) is 21.2. The maximum absolute atomic E-state index is 12.1. The average Bonchev–Trinajstić information content (AvgIpc) is 3.09. The molecule has 61 heavy (non-hydrogen) atoms. The topological polar surface area (TPSA) is 402 Å². The minimum atomic E-state index is -5.34. The van der Waals surface area contributed by atoms with Crippen LogP contribution < -0.4 is 130 Å². The van der Waals surface area contributed by atoms with E-state index >= 15 is 0 Å². The van der Waals surface area contributed by atoms with Crippen molar-refractivity contribution in [3.8, 4) is 22.6 Å². The molecule has 0 radical (unpaired) electrons. The number of rotatable bonds is 9. The summed E-state index contributed by atoms with van der Waals surface area (Å²) in [6.45, 7) is 0. The summed E-state index contributed by atoms with van der Waals surface area (Å²) in [5, 5.41) is 35.7. The van der Waals surface area contributed by atoms with E-state index in [1.165, 1.54) is 24.3 Å². The number of benzene rings is 6. The molecule has 0 aromatic heterocycles. The summed E-state index contributed by atoms with van der Waals surface area (Å²) in [4.78, 5) is -3.80. The Kier molecular flexibility index (Phi) is 19.8. The molecule has 0 saturated carbocycles. The monoisotopic (exact) mass is 950 g/mol. The third-order valence-corrected chi connectivity index (χ3v) is 11.3. The van der Waals surface area contributed by atoms with Gasteiger partial charge in [-0.15, -0.1) is 10.2 Å². The molecule has 0 atom stereocenters. The van der Waals surface area contributed by atoms with Gasteiger partial charge in [0.15, 0.2) is 11.5 Å². The maximum atomic E-state index is 12.1. The largest absolute Gasteiger partial charge is 1.00 e. The minimum Gasteiger partial charge on any atom is -0.744 e. The van der Waals surface area contributed by atoms with Gasteiger partial charge in [0, 0.05) is 22.1 Å². The van der Waals surface area contributed by atoms with Crippen molar-refractivity contribution in [1.29, 1.82) is 0 Å². The number of phenols is 2. The quantitative estimate of drug-likeness (QED) is 0.0453. The number of nitrogens with two attached hydrogens (primary N) is 2. The Labute approximate surface area is 435 Å². The predicted molar refractivity (Wildman–Crippen MR) is 196 cm³/mol. The van der Waals surface area contributed by atoms with E-state index in [1.54, 1.807) is 24.3 Å². The molecule has 298 valence electrons. The van der Waals surface area contributed by atoms with Crippen LogP contribution >= 0.6 is 0 Å². The normalized spacial score (nSPS) is 11.9. The van der Waals surface area contributed by atoms with Gasteiger partial charge in [-0.25, -0.2) is 33.7 Å². The molecule has 0 heterocycles. The molecule has 0 saturated heterocycles. The van der Waals surface area contributed by atoms with Gasteiger partial charge in [0.2, 0.25) is 0 Å². The van der Waals surface area contributed by atoms with Crippen LogP contribution in [-0.4, -0.2) is 67.6 Å². The van der Waals surface area contributed by atoms with Crippen LogP contribution in [-0.2, 0) is 40.5 Å². The summed E-state index contributed by atoms with van der Waals surface area (Å²) in [6.07, 6.45) is 0. The zero-order chi connectivity index (χ0) is 41.1. The van der Waals surface area contributed by atoms with Crippen molar-refractivity contribution in [2.24, 2.45) is 20.5 Å². The molecule has 0 aliphatic carbocycles. The fourth-order valence-electron chi connectivity index (χ4n) is 5.50. The molecule has 0 unspecified atom stereocenters. The fraction of sp³-hybridized carbons (Fsp3) is 0. The van der Waals surface area contributed by atoms with Gasteiger partial charge in [-0.1, -0.05) is 24.3 Å². The summed E-state index contributed by atoms with van der Waals surface area (Å²) in [7, 11) is -20.8. The van der Waals surface area contributed by atoms with E-state index in [-0.39, 0.29) is 157 Å². The van der Waals surface area contributed by atoms with E-state index in [9.17, 15) is 62.1 Å². The molecule has 0 bridgehead atoms. The number of phenolic OH excluding ortho intramolecular Hbond substituents is 2. The van der Waals surface area contributed by atoms with E-state index in [0.29, 0.717) is 23.3 Å². The van der Waals surface area contributed by atoms with Crippen LogP contribution in [0.3, 0.4) is 0 Å². The van der Waals surface area contributed by atoms with Crippen LogP contribution in [0.25, 0.3) is 32.7 Å². The van der Waals surface area contributed by atoms with Gasteiger partial charge in [0.1, 0.15) is 51.8 Å². The van der Waals surface area contributed by atoms with Crippen molar-refractivity contribution in [3.05, 3.63) is 84.9 Å². The molecule has 0 aliphatic rings. The van der Waals surface area contributed by atoms with Gasteiger partial charge in [0.25, 0.3) is 0 Å². The Bertz CT molecular complexity index is 2970. The van der Waals surface area contributed by atoms with Gasteiger partial charge in [-0.05, 0) is 82.6 Å². The van der Waals surface area contributed by atoms with Crippen LogP contribution in [0.2, 0.25) is 0 Å². The van der Waals surface area contributed by atoms with Crippen LogP contribution in [0, 0.1) is 0 Å². The SMILES string of the molecule is Nc1cc(S(=O)(=O)[O-])cc2cc(S(=O)(=O)[O-])c(N=Nc3ccc(-c4ccc(N=Nc5c(S(=O)(=O)[O-])cc6cc(S(=O)(=O)[O-])cc(N)c6c5O)cc4)cc3)c(O)c12.O.[Na+].[Na+].[Na+].[Na+]. The number of hydrogen-bond donors (Lipinski definition) is 4. The third-order valence-electron chi connectivity index (χ3n) is 8.02. The predicted octanol–water partition coefficient (Wildman–Crippen LogP) is -8.13. The van der Waals surface area contributed by atoms with Gasteiger partial charge >= 0.3 is 118 Å². The summed E-state index contributed by atoms with van der Waals surface area (Å²) < 4.78 is 141. The molecule has 6 aromatic carbocycles. The molecule has 29 heteroatoms. The van der Waals surface area contributed by atoms with E-state index in [4.69, 9.17) is 11.5 Å². The fourth-order valence-corrected chi connectivity index (χ4v) is 7.88. The van der Waals surface area contributed by atoms with Crippen molar-refractivity contribution in [2.45, 2.75) is 19.6 Å². The second-order valence-electron chi connectivity index (χ2n) is 11.7. The molecule has 6 aromatic rings. The summed E-state index contributed by atoms with van der Waals surface area (Å²) >= 11 is 0. The van der Waals surface area contributed by atoms with Crippen LogP contribution in [0.15, 0.2) is 125 Å². The smallest absolute Gasteiger partial charge is 0.744 e. The number of anilines is 2. The zero-order valence-corrected chi connectivity index (χ0v) is 43.2. The number of nitrogen functional groups attached to an aromatic ring is 2. The van der Waals surface area contributed by atoms with Crippen LogP contribution in [0.4, 0.5) is 34.1 Å². The second-order valence-corrected chi connectivity index (χ2v) is 17.1. The van der Waals surface area contributed by atoms with Crippen LogP contribution in [0.5, 0.6) is 11.5 Å². The first-order chi connectivity index (χ1) is 25.9. The van der Waals surface area contributed by atoms with Crippen molar-refractivity contribution in [3.63, 3.8) is 0 Å². The molecule has 0 fully saturated rings. The first kappa shape index (κ1) is 56.9. The zero-order valence-electron chi connectivity index (χ0n) is 32.0. The van der Waals surface area contributed by atoms with Gasteiger partial charge in [0.05, 0.1) is 31.0 Å². The van der Waals surface area contributed by atoms with E-state index in [2.05, 4.69) is 20.5 Å². The summed E-state index contributed by atoms with van der Waals surface area (Å²) in [5.41, 5.74) is 10.6. The molecule has 21 nitrogen and oxygen atoms in total. The molecular formula is C32H22N6Na4O15S4. The Morgan fingerprint density at radius 3 is 1.00 bits per heavy atom. The minimum absolute atomic E-state index is 0. The van der Waals surface area contributed by atoms with Gasteiger partial charge < -0.3 is 45.4 Å². The van der Waals surface area contributed by atoms with E-state index in [0.717, 1.165) is 24.3 Å². The number of azo groups is 2. The van der Waals surface area contributed by atoms with Gasteiger partial charge in [-0.3, -0.25) is 0 Å². The maximum Gasteiger partial charge on any atom is 1.00 e. The average molecular weight is 951 g/mol.